The Morgan fingerprint density at radius 3 is 2.59 bits per heavy atom. The van der Waals surface area contributed by atoms with E-state index in [-0.39, 0.29) is 0 Å². The molecule has 0 bridgehead atoms. The lowest BCUT2D eigenvalue weighted by molar-refractivity contribution is 0.171. The number of nitrogens with zero attached hydrogens (tertiary/aromatic N) is 1. The standard InChI is InChI=1S/C13H18ClNO2/c1-15(2)11(5-6-14)10-3-4-12-13(9-10)17-8-7-16-12/h3-4,9,11H,5-8H2,1-2H3. The zero-order valence-electron chi connectivity index (χ0n) is 10.3. The van der Waals surface area contributed by atoms with E-state index in [4.69, 9.17) is 21.1 Å². The second-order valence-corrected chi connectivity index (χ2v) is 4.74. The van der Waals surface area contributed by atoms with Gasteiger partial charge in [-0.05, 0) is 38.2 Å². The SMILES string of the molecule is CN(C)C(CCCl)c1ccc2c(c1)OCCO2. The summed E-state index contributed by atoms with van der Waals surface area (Å²) in [6.45, 7) is 1.25. The van der Waals surface area contributed by atoms with Crippen LogP contribution in [0.2, 0.25) is 0 Å². The second-order valence-electron chi connectivity index (χ2n) is 4.36. The molecule has 2 rings (SSSR count). The molecule has 1 heterocycles. The van der Waals surface area contributed by atoms with Gasteiger partial charge in [-0.1, -0.05) is 6.07 Å². The van der Waals surface area contributed by atoms with Crippen LogP contribution < -0.4 is 9.47 Å². The summed E-state index contributed by atoms with van der Waals surface area (Å²) >= 11 is 5.85. The molecular formula is C13H18ClNO2. The van der Waals surface area contributed by atoms with Gasteiger partial charge in [-0.25, -0.2) is 0 Å². The van der Waals surface area contributed by atoms with Gasteiger partial charge in [0, 0.05) is 11.9 Å². The van der Waals surface area contributed by atoms with E-state index in [1.165, 1.54) is 5.56 Å². The van der Waals surface area contributed by atoms with Gasteiger partial charge in [0.25, 0.3) is 0 Å². The molecular weight excluding hydrogens is 238 g/mol. The highest BCUT2D eigenvalue weighted by atomic mass is 35.5. The molecule has 0 saturated heterocycles. The van der Waals surface area contributed by atoms with E-state index in [1.54, 1.807) is 0 Å². The van der Waals surface area contributed by atoms with Crippen molar-refractivity contribution in [1.82, 2.24) is 4.90 Å². The highest BCUT2D eigenvalue weighted by Gasteiger charge is 2.18. The largest absolute Gasteiger partial charge is 0.486 e. The maximum Gasteiger partial charge on any atom is 0.161 e. The maximum absolute atomic E-state index is 5.85. The van der Waals surface area contributed by atoms with Crippen LogP contribution in [-0.2, 0) is 0 Å². The van der Waals surface area contributed by atoms with Crippen LogP contribution in [0.15, 0.2) is 18.2 Å². The first-order chi connectivity index (χ1) is 8.22. The van der Waals surface area contributed by atoms with Gasteiger partial charge in [0.15, 0.2) is 11.5 Å². The van der Waals surface area contributed by atoms with Gasteiger partial charge >= 0.3 is 0 Å². The third kappa shape index (κ3) is 2.85. The summed E-state index contributed by atoms with van der Waals surface area (Å²) in [7, 11) is 4.13. The van der Waals surface area contributed by atoms with Crippen molar-refractivity contribution in [2.45, 2.75) is 12.5 Å². The first-order valence-electron chi connectivity index (χ1n) is 5.84. The minimum Gasteiger partial charge on any atom is -0.486 e. The molecule has 1 unspecified atom stereocenters. The zero-order valence-corrected chi connectivity index (χ0v) is 11.0. The maximum atomic E-state index is 5.85. The van der Waals surface area contributed by atoms with Gasteiger partial charge < -0.3 is 14.4 Å². The van der Waals surface area contributed by atoms with Crippen LogP contribution in [0.1, 0.15) is 18.0 Å². The van der Waals surface area contributed by atoms with Crippen molar-refractivity contribution in [3.8, 4) is 11.5 Å². The topological polar surface area (TPSA) is 21.7 Å². The van der Waals surface area contributed by atoms with E-state index in [2.05, 4.69) is 31.1 Å². The lowest BCUT2D eigenvalue weighted by Crippen LogP contribution is -2.21. The van der Waals surface area contributed by atoms with E-state index in [0.717, 1.165) is 17.9 Å². The zero-order chi connectivity index (χ0) is 12.3. The number of ether oxygens (including phenoxy) is 2. The van der Waals surface area contributed by atoms with Gasteiger partial charge in [-0.2, -0.15) is 0 Å². The molecule has 0 aliphatic carbocycles. The molecule has 94 valence electrons. The molecule has 1 atom stereocenters. The number of rotatable bonds is 4. The quantitative estimate of drug-likeness (QED) is 0.773. The Balaban J connectivity index is 2.25. The summed E-state index contributed by atoms with van der Waals surface area (Å²) in [4.78, 5) is 2.17. The molecule has 4 heteroatoms. The van der Waals surface area contributed by atoms with Gasteiger partial charge in [0.05, 0.1) is 0 Å². The molecule has 1 aliphatic heterocycles. The number of halogens is 1. The fourth-order valence-electron chi connectivity index (χ4n) is 2.09. The third-order valence-electron chi connectivity index (χ3n) is 2.96. The van der Waals surface area contributed by atoms with Crippen molar-refractivity contribution >= 4 is 11.6 Å². The molecule has 17 heavy (non-hydrogen) atoms. The summed E-state index contributed by atoms with van der Waals surface area (Å²) in [5, 5.41) is 0. The monoisotopic (exact) mass is 255 g/mol. The number of hydrogen-bond acceptors (Lipinski definition) is 3. The van der Waals surface area contributed by atoms with Crippen LogP contribution in [0.25, 0.3) is 0 Å². The Morgan fingerprint density at radius 1 is 1.24 bits per heavy atom. The normalized spacial score (nSPS) is 16.0. The summed E-state index contributed by atoms with van der Waals surface area (Å²) < 4.78 is 11.1. The fourth-order valence-corrected chi connectivity index (χ4v) is 2.30. The fraction of sp³-hybridized carbons (Fsp3) is 0.538. The van der Waals surface area contributed by atoms with E-state index >= 15 is 0 Å². The van der Waals surface area contributed by atoms with Gasteiger partial charge in [-0.3, -0.25) is 0 Å². The Bertz CT molecular complexity index is 382. The van der Waals surface area contributed by atoms with Crippen molar-refractivity contribution in [1.29, 1.82) is 0 Å². The smallest absolute Gasteiger partial charge is 0.161 e. The Morgan fingerprint density at radius 2 is 1.94 bits per heavy atom. The molecule has 0 aromatic heterocycles. The average Bonchev–Trinajstić information content (AvgIpc) is 2.35. The highest BCUT2D eigenvalue weighted by Crippen LogP contribution is 2.34. The van der Waals surface area contributed by atoms with Gasteiger partial charge in [0.1, 0.15) is 13.2 Å². The average molecular weight is 256 g/mol. The Hall–Kier alpha value is -0.930. The molecule has 1 aromatic carbocycles. The van der Waals surface area contributed by atoms with Gasteiger partial charge in [0.2, 0.25) is 0 Å². The van der Waals surface area contributed by atoms with E-state index in [1.807, 2.05) is 6.07 Å². The predicted octanol–water partition coefficient (Wildman–Crippen LogP) is 2.69. The molecule has 0 fully saturated rings. The number of fused-ring (bicyclic) bond motifs is 1. The first-order valence-corrected chi connectivity index (χ1v) is 6.37. The van der Waals surface area contributed by atoms with Crippen molar-refractivity contribution in [3.05, 3.63) is 23.8 Å². The highest BCUT2D eigenvalue weighted by molar-refractivity contribution is 6.17. The van der Waals surface area contributed by atoms with Crippen molar-refractivity contribution in [2.24, 2.45) is 0 Å². The van der Waals surface area contributed by atoms with Crippen molar-refractivity contribution in [3.63, 3.8) is 0 Å². The van der Waals surface area contributed by atoms with Crippen LogP contribution in [0.4, 0.5) is 0 Å². The molecule has 0 radical (unpaired) electrons. The predicted molar refractivity (Wildman–Crippen MR) is 69.2 cm³/mol. The third-order valence-corrected chi connectivity index (χ3v) is 3.18. The van der Waals surface area contributed by atoms with Crippen molar-refractivity contribution in [2.75, 3.05) is 33.2 Å². The minimum absolute atomic E-state index is 0.323. The summed E-state index contributed by atoms with van der Waals surface area (Å²) in [6, 6.07) is 6.45. The summed E-state index contributed by atoms with van der Waals surface area (Å²) in [5.74, 6) is 2.33. The van der Waals surface area contributed by atoms with Crippen LogP contribution in [0, 0.1) is 0 Å². The number of alkyl halides is 1. The number of hydrogen-bond donors (Lipinski definition) is 0. The van der Waals surface area contributed by atoms with Crippen LogP contribution in [-0.4, -0.2) is 38.1 Å². The van der Waals surface area contributed by atoms with Gasteiger partial charge in [-0.15, -0.1) is 11.6 Å². The van der Waals surface area contributed by atoms with E-state index in [0.29, 0.717) is 25.1 Å². The molecule has 3 nitrogen and oxygen atoms in total. The molecule has 1 aliphatic rings. The lowest BCUT2D eigenvalue weighted by Gasteiger charge is -2.26. The summed E-state index contributed by atoms with van der Waals surface area (Å²) in [6.07, 6.45) is 0.925. The minimum atomic E-state index is 0.323. The lowest BCUT2D eigenvalue weighted by atomic mass is 10.0. The Labute approximate surface area is 107 Å². The molecule has 1 aromatic rings. The molecule has 0 N–H and O–H groups in total. The van der Waals surface area contributed by atoms with Crippen LogP contribution >= 0.6 is 11.6 Å². The second kappa shape index (κ2) is 5.61. The summed E-state index contributed by atoms with van der Waals surface area (Å²) in [5.41, 5.74) is 1.22. The molecule has 0 spiro atoms. The molecule has 0 saturated carbocycles. The van der Waals surface area contributed by atoms with E-state index < -0.39 is 0 Å². The number of benzene rings is 1. The van der Waals surface area contributed by atoms with Crippen LogP contribution in [0.5, 0.6) is 11.5 Å². The van der Waals surface area contributed by atoms with Crippen LogP contribution in [0.3, 0.4) is 0 Å². The Kier molecular flexibility index (Phi) is 4.13. The van der Waals surface area contributed by atoms with Crippen molar-refractivity contribution < 1.29 is 9.47 Å². The first kappa shape index (κ1) is 12.5. The molecule has 0 amide bonds. The van der Waals surface area contributed by atoms with E-state index in [9.17, 15) is 0 Å².